The maximum atomic E-state index is 12.0. The average Bonchev–Trinajstić information content (AvgIpc) is 3.03. The zero-order valence-electron chi connectivity index (χ0n) is 15.9. The van der Waals surface area contributed by atoms with Crippen LogP contribution in [0, 0.1) is 5.41 Å². The highest BCUT2D eigenvalue weighted by atomic mass is 16.5. The smallest absolute Gasteiger partial charge is 0.289 e. The van der Waals surface area contributed by atoms with E-state index in [1.54, 1.807) is 19.1 Å². The molecule has 0 radical (unpaired) electrons. The Hall–Kier alpha value is -2.08. The SMILES string of the molecule is COc1cccc(CN2CCC[C@@]3(CCN(C(=O)C(C)=O)C3)C2)c1OC. The maximum Gasteiger partial charge on any atom is 0.289 e. The van der Waals surface area contributed by atoms with Gasteiger partial charge < -0.3 is 14.4 Å². The number of para-hydroxylation sites is 1. The van der Waals surface area contributed by atoms with Gasteiger partial charge in [0, 0.05) is 44.1 Å². The molecule has 0 aromatic heterocycles. The number of Topliss-reactive ketones (excluding diaryl/α,β-unsaturated/α-hetero) is 1. The number of hydrogen-bond acceptors (Lipinski definition) is 5. The molecule has 0 unspecified atom stereocenters. The summed E-state index contributed by atoms with van der Waals surface area (Å²) in [5, 5.41) is 0. The molecule has 0 bridgehead atoms. The summed E-state index contributed by atoms with van der Waals surface area (Å²) in [7, 11) is 3.32. The first-order valence-corrected chi connectivity index (χ1v) is 9.20. The number of rotatable bonds is 5. The van der Waals surface area contributed by atoms with Gasteiger partial charge in [0.15, 0.2) is 11.5 Å². The Labute approximate surface area is 155 Å². The number of amides is 1. The van der Waals surface area contributed by atoms with Gasteiger partial charge >= 0.3 is 0 Å². The number of carbonyl (C=O) groups is 2. The van der Waals surface area contributed by atoms with E-state index in [-0.39, 0.29) is 17.1 Å². The van der Waals surface area contributed by atoms with Crippen LogP contribution in [-0.4, -0.2) is 61.9 Å². The predicted octanol–water partition coefficient (Wildman–Crippen LogP) is 2.11. The van der Waals surface area contributed by atoms with Crippen molar-refractivity contribution in [3.63, 3.8) is 0 Å². The molecule has 2 fully saturated rings. The Balaban J connectivity index is 1.70. The molecule has 2 saturated heterocycles. The molecule has 2 aliphatic heterocycles. The van der Waals surface area contributed by atoms with Crippen molar-refractivity contribution in [1.82, 2.24) is 9.80 Å². The summed E-state index contributed by atoms with van der Waals surface area (Å²) >= 11 is 0. The summed E-state index contributed by atoms with van der Waals surface area (Å²) in [4.78, 5) is 27.6. The van der Waals surface area contributed by atoms with Crippen LogP contribution < -0.4 is 9.47 Å². The minimum Gasteiger partial charge on any atom is -0.493 e. The number of piperidine rings is 1. The zero-order valence-corrected chi connectivity index (χ0v) is 15.9. The Morgan fingerprint density at radius 3 is 2.62 bits per heavy atom. The largest absolute Gasteiger partial charge is 0.493 e. The minimum atomic E-state index is -0.365. The molecular weight excluding hydrogens is 332 g/mol. The van der Waals surface area contributed by atoms with Gasteiger partial charge in [0.05, 0.1) is 14.2 Å². The molecular formula is C20H28N2O4. The van der Waals surface area contributed by atoms with Crippen LogP contribution in [0.5, 0.6) is 11.5 Å². The second-order valence-corrected chi connectivity index (χ2v) is 7.50. The lowest BCUT2D eigenvalue weighted by Crippen LogP contribution is -2.45. The van der Waals surface area contributed by atoms with Gasteiger partial charge in [0.1, 0.15) is 0 Å². The number of hydrogen-bond donors (Lipinski definition) is 0. The first kappa shape index (κ1) is 18.7. The van der Waals surface area contributed by atoms with Crippen molar-refractivity contribution < 1.29 is 19.1 Å². The summed E-state index contributed by atoms with van der Waals surface area (Å²) in [5.41, 5.74) is 1.22. The second kappa shape index (κ2) is 7.66. The summed E-state index contributed by atoms with van der Waals surface area (Å²) in [6, 6.07) is 5.96. The highest BCUT2D eigenvalue weighted by Gasteiger charge is 2.43. The van der Waals surface area contributed by atoms with E-state index < -0.39 is 0 Å². The number of methoxy groups -OCH3 is 2. The third-order valence-electron chi connectivity index (χ3n) is 5.65. The van der Waals surface area contributed by atoms with Crippen molar-refractivity contribution in [2.45, 2.75) is 32.7 Å². The highest BCUT2D eigenvalue weighted by molar-refractivity contribution is 6.35. The van der Waals surface area contributed by atoms with Gasteiger partial charge in [0.25, 0.3) is 5.91 Å². The Morgan fingerprint density at radius 1 is 1.12 bits per heavy atom. The van der Waals surface area contributed by atoms with E-state index in [9.17, 15) is 9.59 Å². The van der Waals surface area contributed by atoms with Gasteiger partial charge in [-0.1, -0.05) is 12.1 Å². The Morgan fingerprint density at radius 2 is 1.92 bits per heavy atom. The fraction of sp³-hybridized carbons (Fsp3) is 0.600. The van der Waals surface area contributed by atoms with Crippen LogP contribution in [0.1, 0.15) is 31.7 Å². The molecule has 1 amide bonds. The number of nitrogens with zero attached hydrogens (tertiary/aromatic N) is 2. The molecule has 1 aromatic carbocycles. The lowest BCUT2D eigenvalue weighted by molar-refractivity contribution is -0.143. The first-order valence-electron chi connectivity index (χ1n) is 9.20. The van der Waals surface area contributed by atoms with Gasteiger partial charge in [-0.15, -0.1) is 0 Å². The molecule has 2 heterocycles. The molecule has 6 heteroatoms. The van der Waals surface area contributed by atoms with Gasteiger partial charge in [-0.05, 0) is 31.9 Å². The van der Waals surface area contributed by atoms with Crippen molar-refractivity contribution in [3.05, 3.63) is 23.8 Å². The van der Waals surface area contributed by atoms with Crippen LogP contribution in [-0.2, 0) is 16.1 Å². The lowest BCUT2D eigenvalue weighted by atomic mass is 9.79. The van der Waals surface area contributed by atoms with E-state index in [1.807, 2.05) is 12.1 Å². The molecule has 26 heavy (non-hydrogen) atoms. The van der Waals surface area contributed by atoms with Crippen LogP contribution in [0.15, 0.2) is 18.2 Å². The van der Waals surface area contributed by atoms with Crippen molar-refractivity contribution in [1.29, 1.82) is 0 Å². The van der Waals surface area contributed by atoms with Crippen LogP contribution in [0.4, 0.5) is 0 Å². The topological polar surface area (TPSA) is 59.1 Å². The molecule has 1 spiro atoms. The summed E-state index contributed by atoms with van der Waals surface area (Å²) in [6.07, 6.45) is 3.19. The molecule has 2 aliphatic rings. The molecule has 142 valence electrons. The Bertz CT molecular complexity index is 690. The van der Waals surface area contributed by atoms with Crippen LogP contribution in [0.25, 0.3) is 0 Å². The standard InChI is InChI=1S/C20H28N2O4/c1-15(23)19(24)22-11-9-20(14-22)8-5-10-21(13-20)12-16-6-4-7-17(25-2)18(16)26-3/h4,6-7H,5,8-14H2,1-3H3/t20-/m1/s1. The van der Waals surface area contributed by atoms with Crippen LogP contribution >= 0.6 is 0 Å². The Kier molecular flexibility index (Phi) is 5.51. The van der Waals surface area contributed by atoms with Crippen molar-refractivity contribution in [3.8, 4) is 11.5 Å². The van der Waals surface area contributed by atoms with Crippen LogP contribution in [0.2, 0.25) is 0 Å². The molecule has 1 atom stereocenters. The van der Waals surface area contributed by atoms with E-state index in [1.165, 1.54) is 6.92 Å². The molecule has 6 nitrogen and oxygen atoms in total. The number of carbonyl (C=O) groups excluding carboxylic acids is 2. The summed E-state index contributed by atoms with van der Waals surface area (Å²) < 4.78 is 11.0. The molecule has 0 N–H and O–H groups in total. The second-order valence-electron chi connectivity index (χ2n) is 7.50. The third-order valence-corrected chi connectivity index (χ3v) is 5.65. The van der Waals surface area contributed by atoms with E-state index in [2.05, 4.69) is 11.0 Å². The van der Waals surface area contributed by atoms with Gasteiger partial charge in [-0.25, -0.2) is 0 Å². The normalized spacial score (nSPS) is 23.3. The fourth-order valence-electron chi connectivity index (χ4n) is 4.43. The van der Waals surface area contributed by atoms with E-state index in [0.29, 0.717) is 13.1 Å². The number of ether oxygens (including phenoxy) is 2. The highest BCUT2D eigenvalue weighted by Crippen LogP contribution is 2.40. The monoisotopic (exact) mass is 360 g/mol. The van der Waals surface area contributed by atoms with Crippen LogP contribution in [0.3, 0.4) is 0 Å². The number of likely N-dealkylation sites (tertiary alicyclic amines) is 2. The maximum absolute atomic E-state index is 12.0. The van der Waals surface area contributed by atoms with Crippen molar-refractivity contribution >= 4 is 11.7 Å². The van der Waals surface area contributed by atoms with Gasteiger partial charge in [0.2, 0.25) is 5.78 Å². The van der Waals surface area contributed by atoms with E-state index in [4.69, 9.17) is 9.47 Å². The number of benzene rings is 1. The van der Waals surface area contributed by atoms with Gasteiger partial charge in [-0.3, -0.25) is 14.5 Å². The average molecular weight is 360 g/mol. The van der Waals surface area contributed by atoms with Crippen molar-refractivity contribution in [2.75, 3.05) is 40.4 Å². The first-order chi connectivity index (χ1) is 12.5. The zero-order chi connectivity index (χ0) is 18.7. The predicted molar refractivity (Wildman–Crippen MR) is 98.4 cm³/mol. The van der Waals surface area contributed by atoms with Crippen molar-refractivity contribution in [2.24, 2.45) is 5.41 Å². The molecule has 0 saturated carbocycles. The fourth-order valence-corrected chi connectivity index (χ4v) is 4.43. The van der Waals surface area contributed by atoms with E-state index in [0.717, 1.165) is 56.0 Å². The number of ketones is 1. The third kappa shape index (κ3) is 3.70. The minimum absolute atomic E-state index is 0.107. The summed E-state index contributed by atoms with van der Waals surface area (Å²) in [5.74, 6) is 0.828. The molecule has 0 aliphatic carbocycles. The molecule has 1 aromatic rings. The summed E-state index contributed by atoms with van der Waals surface area (Å²) in [6.45, 7) is 5.50. The van der Waals surface area contributed by atoms with Gasteiger partial charge in [-0.2, -0.15) is 0 Å². The lowest BCUT2D eigenvalue weighted by Gasteiger charge is -2.40. The molecule has 3 rings (SSSR count). The van der Waals surface area contributed by atoms with E-state index >= 15 is 0 Å². The quantitative estimate of drug-likeness (QED) is 0.753.